The highest BCUT2D eigenvalue weighted by atomic mass is 32.2. The minimum Gasteiger partial charge on any atom is -0.325 e. The molecule has 154 valence electrons. The molecule has 2 aromatic carbocycles. The third-order valence-electron chi connectivity index (χ3n) is 5.91. The van der Waals surface area contributed by atoms with E-state index in [0.29, 0.717) is 18.8 Å². The van der Waals surface area contributed by atoms with Gasteiger partial charge in [0.25, 0.3) is 0 Å². The molecule has 0 radical (unpaired) electrons. The second-order valence-electron chi connectivity index (χ2n) is 7.79. The SMILES string of the molecule is C[C@@H](C(=O)Nc1ccc(S(=O)(=O)N2CCCC2)cc1)N1CCc2ccccc2C1. The molecule has 0 aromatic heterocycles. The highest BCUT2D eigenvalue weighted by Crippen LogP contribution is 2.23. The lowest BCUT2D eigenvalue weighted by Crippen LogP contribution is -2.44. The maximum atomic E-state index is 12.7. The average molecular weight is 414 g/mol. The van der Waals surface area contributed by atoms with Crippen molar-refractivity contribution in [1.29, 1.82) is 0 Å². The lowest BCUT2D eigenvalue weighted by molar-refractivity contribution is -0.121. The number of hydrogen-bond acceptors (Lipinski definition) is 4. The zero-order valence-corrected chi connectivity index (χ0v) is 17.5. The molecule has 1 atom stereocenters. The third kappa shape index (κ3) is 4.22. The van der Waals surface area contributed by atoms with Gasteiger partial charge in [-0.25, -0.2) is 8.42 Å². The summed E-state index contributed by atoms with van der Waals surface area (Å²) in [6, 6.07) is 14.6. The van der Waals surface area contributed by atoms with E-state index in [4.69, 9.17) is 0 Å². The molecule has 1 amide bonds. The number of amides is 1. The Morgan fingerprint density at radius 3 is 2.31 bits per heavy atom. The van der Waals surface area contributed by atoms with Crippen LogP contribution < -0.4 is 5.32 Å². The Hall–Kier alpha value is -2.22. The van der Waals surface area contributed by atoms with Gasteiger partial charge in [0.05, 0.1) is 10.9 Å². The van der Waals surface area contributed by atoms with Crippen LogP contribution in [-0.4, -0.2) is 49.2 Å². The summed E-state index contributed by atoms with van der Waals surface area (Å²) in [5.74, 6) is -0.0838. The first-order valence-electron chi connectivity index (χ1n) is 10.2. The van der Waals surface area contributed by atoms with Gasteiger partial charge in [-0.05, 0) is 61.6 Å². The minimum atomic E-state index is -3.43. The summed E-state index contributed by atoms with van der Waals surface area (Å²) in [4.78, 5) is 15.2. The van der Waals surface area contributed by atoms with E-state index >= 15 is 0 Å². The number of benzene rings is 2. The Labute approximate surface area is 172 Å². The Bertz CT molecular complexity index is 983. The molecule has 0 bridgehead atoms. The van der Waals surface area contributed by atoms with Crippen molar-refractivity contribution in [2.24, 2.45) is 0 Å². The summed E-state index contributed by atoms with van der Waals surface area (Å²) in [6.45, 7) is 4.68. The van der Waals surface area contributed by atoms with Crippen molar-refractivity contribution < 1.29 is 13.2 Å². The number of rotatable bonds is 5. The molecule has 0 unspecified atom stereocenters. The highest BCUT2D eigenvalue weighted by molar-refractivity contribution is 7.89. The molecule has 1 N–H and O–H groups in total. The molecule has 2 aromatic rings. The second kappa shape index (κ2) is 8.26. The topological polar surface area (TPSA) is 69.7 Å². The van der Waals surface area contributed by atoms with E-state index in [1.807, 2.05) is 13.0 Å². The second-order valence-corrected chi connectivity index (χ2v) is 9.73. The first kappa shape index (κ1) is 20.1. The van der Waals surface area contributed by atoms with Gasteiger partial charge in [0.2, 0.25) is 15.9 Å². The molecule has 0 saturated carbocycles. The Balaban J connectivity index is 1.39. The van der Waals surface area contributed by atoms with Gasteiger partial charge in [-0.3, -0.25) is 9.69 Å². The summed E-state index contributed by atoms with van der Waals surface area (Å²) < 4.78 is 26.8. The molecular formula is C22H27N3O3S. The molecule has 29 heavy (non-hydrogen) atoms. The summed E-state index contributed by atoms with van der Waals surface area (Å²) in [7, 11) is -3.43. The lowest BCUT2D eigenvalue weighted by atomic mass is 9.99. The van der Waals surface area contributed by atoms with Gasteiger partial charge in [-0.2, -0.15) is 4.31 Å². The highest BCUT2D eigenvalue weighted by Gasteiger charge is 2.28. The molecule has 2 aliphatic rings. The molecule has 1 fully saturated rings. The number of carbonyl (C=O) groups is 1. The summed E-state index contributed by atoms with van der Waals surface area (Å²) in [6.07, 6.45) is 2.76. The number of hydrogen-bond donors (Lipinski definition) is 1. The molecule has 2 aliphatic heterocycles. The molecule has 0 spiro atoms. The van der Waals surface area contributed by atoms with Gasteiger partial charge in [-0.1, -0.05) is 24.3 Å². The first-order chi connectivity index (χ1) is 13.9. The Morgan fingerprint density at radius 1 is 0.966 bits per heavy atom. The lowest BCUT2D eigenvalue weighted by Gasteiger charge is -2.32. The van der Waals surface area contributed by atoms with Crippen LogP contribution in [0.1, 0.15) is 30.9 Å². The fourth-order valence-electron chi connectivity index (χ4n) is 4.05. The molecule has 6 nitrogen and oxygen atoms in total. The van der Waals surface area contributed by atoms with Crippen molar-refractivity contribution in [2.45, 2.75) is 43.7 Å². The largest absolute Gasteiger partial charge is 0.325 e. The summed E-state index contributed by atoms with van der Waals surface area (Å²) in [5.41, 5.74) is 3.24. The number of sulfonamides is 1. The van der Waals surface area contributed by atoms with Crippen molar-refractivity contribution >= 4 is 21.6 Å². The van der Waals surface area contributed by atoms with E-state index in [1.54, 1.807) is 24.3 Å². The van der Waals surface area contributed by atoms with Crippen LogP contribution in [0, 0.1) is 0 Å². The predicted octanol–water partition coefficient (Wildman–Crippen LogP) is 2.86. The van der Waals surface area contributed by atoms with Crippen LogP contribution in [0.2, 0.25) is 0 Å². The number of nitrogens with one attached hydrogen (secondary N) is 1. The maximum Gasteiger partial charge on any atom is 0.243 e. The van der Waals surface area contributed by atoms with Crippen LogP contribution in [0.3, 0.4) is 0 Å². The number of carbonyl (C=O) groups excluding carboxylic acids is 1. The number of fused-ring (bicyclic) bond motifs is 1. The summed E-state index contributed by atoms with van der Waals surface area (Å²) in [5, 5.41) is 2.92. The van der Waals surface area contributed by atoms with Crippen molar-refractivity contribution in [3.63, 3.8) is 0 Å². The fraction of sp³-hybridized carbons (Fsp3) is 0.409. The van der Waals surface area contributed by atoms with Crippen LogP contribution in [0.15, 0.2) is 53.4 Å². The van der Waals surface area contributed by atoms with E-state index in [-0.39, 0.29) is 16.8 Å². The van der Waals surface area contributed by atoms with Crippen molar-refractivity contribution in [3.05, 3.63) is 59.7 Å². The standard InChI is InChI=1S/C22H27N3O3S/c1-17(24-15-12-18-6-2-3-7-19(18)16-24)22(26)23-20-8-10-21(11-9-20)29(27,28)25-13-4-5-14-25/h2-3,6-11,17H,4-5,12-16H2,1H3,(H,23,26)/t17-/m0/s1. The van der Waals surface area contributed by atoms with Crippen molar-refractivity contribution in [1.82, 2.24) is 9.21 Å². The molecule has 0 aliphatic carbocycles. The van der Waals surface area contributed by atoms with Crippen LogP contribution in [0.25, 0.3) is 0 Å². The van der Waals surface area contributed by atoms with E-state index in [1.165, 1.54) is 15.4 Å². The van der Waals surface area contributed by atoms with Gasteiger partial charge < -0.3 is 5.32 Å². The third-order valence-corrected chi connectivity index (χ3v) is 7.82. The van der Waals surface area contributed by atoms with Crippen LogP contribution in [-0.2, 0) is 27.8 Å². The maximum absolute atomic E-state index is 12.7. The molecule has 2 heterocycles. The van der Waals surface area contributed by atoms with E-state index in [2.05, 4.69) is 28.4 Å². The van der Waals surface area contributed by atoms with Gasteiger partial charge in [-0.15, -0.1) is 0 Å². The zero-order valence-electron chi connectivity index (χ0n) is 16.7. The summed E-state index contributed by atoms with van der Waals surface area (Å²) >= 11 is 0. The Morgan fingerprint density at radius 2 is 1.62 bits per heavy atom. The minimum absolute atomic E-state index is 0.0838. The molecule has 7 heteroatoms. The van der Waals surface area contributed by atoms with Crippen LogP contribution >= 0.6 is 0 Å². The molecule has 1 saturated heterocycles. The fourth-order valence-corrected chi connectivity index (χ4v) is 5.57. The quantitative estimate of drug-likeness (QED) is 0.818. The van der Waals surface area contributed by atoms with Crippen LogP contribution in [0.4, 0.5) is 5.69 Å². The van der Waals surface area contributed by atoms with Gasteiger partial charge in [0.1, 0.15) is 0 Å². The van der Waals surface area contributed by atoms with E-state index < -0.39 is 10.0 Å². The zero-order chi connectivity index (χ0) is 20.4. The number of nitrogens with zero attached hydrogens (tertiary/aromatic N) is 2. The molecular weight excluding hydrogens is 386 g/mol. The Kier molecular flexibility index (Phi) is 5.72. The van der Waals surface area contributed by atoms with E-state index in [0.717, 1.165) is 32.4 Å². The normalized spacial score (nSPS) is 18.9. The first-order valence-corrected chi connectivity index (χ1v) is 11.6. The van der Waals surface area contributed by atoms with Gasteiger partial charge >= 0.3 is 0 Å². The van der Waals surface area contributed by atoms with Gasteiger partial charge in [0, 0.05) is 31.9 Å². The predicted molar refractivity (Wildman–Crippen MR) is 113 cm³/mol. The van der Waals surface area contributed by atoms with Crippen molar-refractivity contribution in [3.8, 4) is 0 Å². The van der Waals surface area contributed by atoms with Crippen LogP contribution in [0.5, 0.6) is 0 Å². The smallest absolute Gasteiger partial charge is 0.243 e. The van der Waals surface area contributed by atoms with E-state index in [9.17, 15) is 13.2 Å². The molecule has 4 rings (SSSR count). The van der Waals surface area contributed by atoms with Crippen molar-refractivity contribution in [2.75, 3.05) is 25.0 Å². The average Bonchev–Trinajstić information content (AvgIpc) is 3.29. The van der Waals surface area contributed by atoms with Gasteiger partial charge in [0.15, 0.2) is 0 Å². The number of anilines is 1. The monoisotopic (exact) mass is 413 g/mol.